The Morgan fingerprint density at radius 1 is 1.25 bits per heavy atom. The van der Waals surface area contributed by atoms with Crippen LogP contribution in [0.5, 0.6) is 0 Å². The number of amides is 2. The normalized spacial score (nSPS) is 13.0. The molecule has 0 aliphatic rings. The number of likely N-dealkylation sites (N-methyl/N-ethyl adjacent to an activating group) is 1. The van der Waals surface area contributed by atoms with Gasteiger partial charge in [0.2, 0.25) is 0 Å². The van der Waals surface area contributed by atoms with Gasteiger partial charge in [-0.05, 0) is 32.1 Å². The van der Waals surface area contributed by atoms with Crippen molar-refractivity contribution in [2.24, 2.45) is 0 Å². The highest BCUT2D eigenvalue weighted by atomic mass is 32.2. The van der Waals surface area contributed by atoms with Crippen LogP contribution in [0.4, 0.5) is 23.7 Å². The minimum Gasteiger partial charge on any atom is -0.336 e. The summed E-state index contributed by atoms with van der Waals surface area (Å²) in [6.45, 7) is 8.35. The van der Waals surface area contributed by atoms with E-state index >= 15 is 0 Å². The van der Waals surface area contributed by atoms with Gasteiger partial charge in [-0.15, -0.1) is 11.8 Å². The van der Waals surface area contributed by atoms with E-state index in [0.29, 0.717) is 28.9 Å². The van der Waals surface area contributed by atoms with E-state index in [1.54, 1.807) is 24.3 Å². The van der Waals surface area contributed by atoms with Crippen LogP contribution in [0.3, 0.4) is 0 Å². The number of halogens is 3. The van der Waals surface area contributed by atoms with E-state index in [9.17, 15) is 18.0 Å². The molecule has 0 fully saturated rings. The maximum absolute atomic E-state index is 12.4. The molecule has 2 N–H and O–H groups in total. The van der Waals surface area contributed by atoms with Crippen molar-refractivity contribution in [2.75, 3.05) is 30.7 Å². The topological polar surface area (TPSA) is 44.4 Å². The minimum absolute atomic E-state index is 0.181. The van der Waals surface area contributed by atoms with E-state index in [1.807, 2.05) is 20.8 Å². The van der Waals surface area contributed by atoms with Crippen molar-refractivity contribution in [3.05, 3.63) is 24.3 Å². The Morgan fingerprint density at radius 3 is 2.46 bits per heavy atom. The fraction of sp³-hybridized carbons (Fsp3) is 0.562. The Hall–Kier alpha value is -1.41. The van der Waals surface area contributed by atoms with Crippen molar-refractivity contribution in [1.29, 1.82) is 0 Å². The molecular weight excluding hydrogens is 339 g/mol. The Kier molecular flexibility index (Phi) is 8.41. The second-order valence-corrected chi connectivity index (χ2v) is 6.32. The third-order valence-electron chi connectivity index (χ3n) is 3.52. The van der Waals surface area contributed by atoms with Crippen LogP contribution in [0.2, 0.25) is 0 Å². The maximum atomic E-state index is 12.4. The Morgan fingerprint density at radius 2 is 1.88 bits per heavy atom. The number of urea groups is 1. The highest BCUT2D eigenvalue weighted by Crippen LogP contribution is 2.31. The van der Waals surface area contributed by atoms with Crippen LogP contribution in [0, 0.1) is 0 Å². The maximum Gasteiger partial charge on any atom is 0.398 e. The lowest BCUT2D eigenvalue weighted by Gasteiger charge is -2.26. The van der Waals surface area contributed by atoms with Crippen molar-refractivity contribution in [1.82, 2.24) is 10.2 Å². The summed E-state index contributed by atoms with van der Waals surface area (Å²) >= 11 is 0.657. The summed E-state index contributed by atoms with van der Waals surface area (Å²) in [5.74, 6) is -0.994. The quantitative estimate of drug-likeness (QED) is 0.681. The summed E-state index contributed by atoms with van der Waals surface area (Å²) in [6.07, 6.45) is -4.25. The molecule has 0 heterocycles. The van der Waals surface area contributed by atoms with Crippen LogP contribution in [0.15, 0.2) is 29.2 Å². The molecule has 1 rings (SSSR count). The molecule has 0 saturated heterocycles. The molecular formula is C16H24F3N3OS. The second kappa shape index (κ2) is 9.78. The number of thioether (sulfide) groups is 1. The van der Waals surface area contributed by atoms with Gasteiger partial charge in [0.05, 0.1) is 11.4 Å². The van der Waals surface area contributed by atoms with E-state index in [4.69, 9.17) is 0 Å². The Bertz CT molecular complexity index is 522. The molecule has 1 aromatic carbocycles. The van der Waals surface area contributed by atoms with Crippen LogP contribution in [-0.2, 0) is 0 Å². The van der Waals surface area contributed by atoms with Gasteiger partial charge in [0, 0.05) is 17.5 Å². The molecule has 1 aromatic rings. The van der Waals surface area contributed by atoms with Crippen LogP contribution >= 0.6 is 11.8 Å². The summed E-state index contributed by atoms with van der Waals surface area (Å²) in [5, 5.41) is 5.38. The van der Waals surface area contributed by atoms with Crippen LogP contribution < -0.4 is 10.6 Å². The van der Waals surface area contributed by atoms with Gasteiger partial charge in [0.25, 0.3) is 0 Å². The highest BCUT2D eigenvalue weighted by Gasteiger charge is 2.27. The summed E-state index contributed by atoms with van der Waals surface area (Å²) < 4.78 is 37.1. The van der Waals surface area contributed by atoms with Gasteiger partial charge in [-0.2, -0.15) is 13.2 Å². The first-order valence-electron chi connectivity index (χ1n) is 7.84. The summed E-state index contributed by atoms with van der Waals surface area (Å²) in [7, 11) is 0. The Labute approximate surface area is 145 Å². The van der Waals surface area contributed by atoms with Gasteiger partial charge >= 0.3 is 12.2 Å². The lowest BCUT2D eigenvalue weighted by Crippen LogP contribution is -2.43. The third-order valence-corrected chi connectivity index (χ3v) is 4.66. The standard InChI is InChI=1S/C16H24F3N3OS/c1-4-22(5-2)12(3)10-20-15(23)21-13-8-6-7-9-14(13)24-11-16(17,18)19/h6-9,12H,4-5,10-11H2,1-3H3,(H2,20,21,23). The molecule has 4 nitrogen and oxygen atoms in total. The van der Waals surface area contributed by atoms with Gasteiger partial charge in [0.1, 0.15) is 0 Å². The number of para-hydroxylation sites is 1. The van der Waals surface area contributed by atoms with Crippen molar-refractivity contribution in [2.45, 2.75) is 37.9 Å². The van der Waals surface area contributed by atoms with E-state index in [-0.39, 0.29) is 6.04 Å². The molecule has 1 unspecified atom stereocenters. The molecule has 0 saturated carbocycles. The lowest BCUT2D eigenvalue weighted by molar-refractivity contribution is -0.105. The van der Waals surface area contributed by atoms with Crippen LogP contribution in [0.1, 0.15) is 20.8 Å². The van der Waals surface area contributed by atoms with Crippen molar-refractivity contribution in [3.8, 4) is 0 Å². The van der Waals surface area contributed by atoms with Crippen LogP contribution in [0.25, 0.3) is 0 Å². The number of carbonyl (C=O) groups is 1. The number of rotatable bonds is 8. The Balaban J connectivity index is 2.58. The van der Waals surface area contributed by atoms with Crippen LogP contribution in [-0.4, -0.2) is 48.5 Å². The first-order valence-corrected chi connectivity index (χ1v) is 8.82. The zero-order valence-corrected chi connectivity index (χ0v) is 14.9. The molecule has 24 heavy (non-hydrogen) atoms. The van der Waals surface area contributed by atoms with Gasteiger partial charge in [-0.1, -0.05) is 26.0 Å². The molecule has 0 aliphatic heterocycles. The predicted molar refractivity (Wildman–Crippen MR) is 92.6 cm³/mol. The number of nitrogens with one attached hydrogen (secondary N) is 2. The molecule has 0 radical (unpaired) electrons. The summed E-state index contributed by atoms with van der Waals surface area (Å²) in [4.78, 5) is 14.6. The van der Waals surface area contributed by atoms with Gasteiger partial charge in [-0.25, -0.2) is 4.79 Å². The van der Waals surface area contributed by atoms with E-state index in [0.717, 1.165) is 13.1 Å². The van der Waals surface area contributed by atoms with Crippen molar-refractivity contribution in [3.63, 3.8) is 0 Å². The van der Waals surface area contributed by atoms with E-state index < -0.39 is 18.0 Å². The highest BCUT2D eigenvalue weighted by molar-refractivity contribution is 7.99. The van der Waals surface area contributed by atoms with Gasteiger partial charge in [0.15, 0.2) is 0 Å². The summed E-state index contributed by atoms with van der Waals surface area (Å²) in [5.41, 5.74) is 0.375. The molecule has 1 atom stereocenters. The predicted octanol–water partition coefficient (Wildman–Crippen LogP) is 4.19. The fourth-order valence-corrected chi connectivity index (χ4v) is 3.01. The zero-order chi connectivity index (χ0) is 18.2. The number of benzene rings is 1. The monoisotopic (exact) mass is 363 g/mol. The number of anilines is 1. The lowest BCUT2D eigenvalue weighted by atomic mass is 10.3. The molecule has 2 amide bonds. The molecule has 0 spiro atoms. The first-order chi connectivity index (χ1) is 11.3. The SMILES string of the molecule is CCN(CC)C(C)CNC(=O)Nc1ccccc1SCC(F)(F)F. The van der Waals surface area contributed by atoms with Crippen molar-refractivity contribution < 1.29 is 18.0 Å². The zero-order valence-electron chi connectivity index (χ0n) is 14.1. The van der Waals surface area contributed by atoms with Crippen molar-refractivity contribution >= 4 is 23.5 Å². The first kappa shape index (κ1) is 20.6. The second-order valence-electron chi connectivity index (χ2n) is 5.31. The van der Waals surface area contributed by atoms with E-state index in [2.05, 4.69) is 15.5 Å². The average Bonchev–Trinajstić information content (AvgIpc) is 2.52. The smallest absolute Gasteiger partial charge is 0.336 e. The molecule has 0 bridgehead atoms. The summed E-state index contributed by atoms with van der Waals surface area (Å²) in [6, 6.07) is 6.22. The number of carbonyl (C=O) groups excluding carboxylic acids is 1. The fourth-order valence-electron chi connectivity index (χ4n) is 2.24. The van der Waals surface area contributed by atoms with Gasteiger partial charge < -0.3 is 10.6 Å². The molecule has 136 valence electrons. The molecule has 0 aromatic heterocycles. The largest absolute Gasteiger partial charge is 0.398 e. The third kappa shape index (κ3) is 7.44. The molecule has 0 aliphatic carbocycles. The number of nitrogens with zero attached hydrogens (tertiary/aromatic N) is 1. The number of hydrogen-bond donors (Lipinski definition) is 2. The minimum atomic E-state index is -4.25. The number of hydrogen-bond acceptors (Lipinski definition) is 3. The molecule has 8 heteroatoms. The van der Waals surface area contributed by atoms with E-state index in [1.165, 1.54) is 0 Å². The average molecular weight is 363 g/mol. The number of alkyl halides is 3. The van der Waals surface area contributed by atoms with Gasteiger partial charge in [-0.3, -0.25) is 4.90 Å².